The molecule has 3 nitrogen and oxygen atoms in total. The third kappa shape index (κ3) is 3.00. The zero-order chi connectivity index (χ0) is 13.3. The van der Waals surface area contributed by atoms with Crippen LogP contribution in [-0.2, 0) is 0 Å². The zero-order valence-electron chi connectivity index (χ0n) is 10.00. The Kier molecular flexibility index (Phi) is 3.28. The van der Waals surface area contributed by atoms with E-state index in [-0.39, 0.29) is 6.04 Å². The summed E-state index contributed by atoms with van der Waals surface area (Å²) in [6.07, 6.45) is -2.62. The van der Waals surface area contributed by atoms with Crippen molar-refractivity contribution in [3.8, 4) is 5.75 Å². The topological polar surface area (TPSA) is 38.5 Å². The molecular weight excluding hydrogens is 245 g/mol. The van der Waals surface area contributed by atoms with Crippen molar-refractivity contribution in [2.75, 3.05) is 24.3 Å². The SMILES string of the molecule is COc1cc(N(CC(F)(F)F)C2CC2)ccc1N. The van der Waals surface area contributed by atoms with Gasteiger partial charge in [0.25, 0.3) is 0 Å². The lowest BCUT2D eigenvalue weighted by Crippen LogP contribution is -2.35. The summed E-state index contributed by atoms with van der Waals surface area (Å²) in [5, 5.41) is 0. The average Bonchev–Trinajstić information content (AvgIpc) is 3.09. The summed E-state index contributed by atoms with van der Waals surface area (Å²) in [5.74, 6) is 0.403. The van der Waals surface area contributed by atoms with Gasteiger partial charge in [-0.2, -0.15) is 13.2 Å². The summed E-state index contributed by atoms with van der Waals surface area (Å²) in [7, 11) is 1.45. The van der Waals surface area contributed by atoms with Gasteiger partial charge in [0.15, 0.2) is 0 Å². The molecule has 0 bridgehead atoms. The molecule has 18 heavy (non-hydrogen) atoms. The molecule has 100 valence electrons. The van der Waals surface area contributed by atoms with E-state index in [1.54, 1.807) is 18.2 Å². The Balaban J connectivity index is 2.25. The summed E-state index contributed by atoms with van der Waals surface area (Å²) < 4.78 is 42.7. The molecule has 0 spiro atoms. The third-order valence-corrected chi connectivity index (χ3v) is 2.89. The van der Waals surface area contributed by atoms with Gasteiger partial charge in [-0.3, -0.25) is 0 Å². The van der Waals surface area contributed by atoms with Crippen molar-refractivity contribution in [3.05, 3.63) is 18.2 Å². The number of rotatable bonds is 4. The normalized spacial score (nSPS) is 15.6. The number of methoxy groups -OCH3 is 1. The Morgan fingerprint density at radius 1 is 1.39 bits per heavy atom. The van der Waals surface area contributed by atoms with Gasteiger partial charge < -0.3 is 15.4 Å². The van der Waals surface area contributed by atoms with Crippen molar-refractivity contribution in [1.82, 2.24) is 0 Å². The number of alkyl halides is 3. The molecule has 1 aliphatic rings. The lowest BCUT2D eigenvalue weighted by molar-refractivity contribution is -0.120. The number of ether oxygens (including phenoxy) is 1. The molecule has 1 aromatic carbocycles. The molecule has 0 saturated heterocycles. The van der Waals surface area contributed by atoms with Crippen molar-refractivity contribution in [1.29, 1.82) is 0 Å². The van der Waals surface area contributed by atoms with E-state index in [9.17, 15) is 13.2 Å². The van der Waals surface area contributed by atoms with Gasteiger partial charge in [-0.15, -0.1) is 0 Å². The van der Waals surface area contributed by atoms with Gasteiger partial charge >= 0.3 is 6.18 Å². The van der Waals surface area contributed by atoms with Crippen molar-refractivity contribution in [3.63, 3.8) is 0 Å². The summed E-state index contributed by atoms with van der Waals surface area (Å²) in [5.41, 5.74) is 6.57. The lowest BCUT2D eigenvalue weighted by atomic mass is 10.2. The van der Waals surface area contributed by atoms with E-state index in [0.717, 1.165) is 12.8 Å². The van der Waals surface area contributed by atoms with Crippen LogP contribution in [0.25, 0.3) is 0 Å². The highest BCUT2D eigenvalue weighted by Crippen LogP contribution is 2.37. The molecule has 0 radical (unpaired) electrons. The Morgan fingerprint density at radius 3 is 2.56 bits per heavy atom. The van der Waals surface area contributed by atoms with Crippen molar-refractivity contribution < 1.29 is 17.9 Å². The fraction of sp³-hybridized carbons (Fsp3) is 0.500. The van der Waals surface area contributed by atoms with Gasteiger partial charge in [0.2, 0.25) is 0 Å². The molecule has 1 saturated carbocycles. The van der Waals surface area contributed by atoms with Crippen molar-refractivity contribution >= 4 is 11.4 Å². The Bertz CT molecular complexity index is 430. The van der Waals surface area contributed by atoms with Gasteiger partial charge in [-0.1, -0.05) is 0 Å². The minimum absolute atomic E-state index is 0.0278. The van der Waals surface area contributed by atoms with Crippen LogP contribution in [0.3, 0.4) is 0 Å². The van der Waals surface area contributed by atoms with Gasteiger partial charge in [-0.25, -0.2) is 0 Å². The van der Waals surface area contributed by atoms with Gasteiger partial charge in [0.05, 0.1) is 12.8 Å². The van der Waals surface area contributed by atoms with E-state index in [4.69, 9.17) is 10.5 Å². The van der Waals surface area contributed by atoms with Gasteiger partial charge in [0, 0.05) is 17.8 Å². The highest BCUT2D eigenvalue weighted by molar-refractivity contribution is 5.63. The quantitative estimate of drug-likeness (QED) is 0.846. The first-order valence-electron chi connectivity index (χ1n) is 5.67. The Hall–Kier alpha value is -1.59. The number of nitrogens with two attached hydrogens (primary N) is 1. The fourth-order valence-electron chi connectivity index (χ4n) is 1.89. The molecule has 6 heteroatoms. The largest absolute Gasteiger partial charge is 0.495 e. The second kappa shape index (κ2) is 4.59. The van der Waals surface area contributed by atoms with E-state index >= 15 is 0 Å². The predicted octanol–water partition coefficient (Wildman–Crippen LogP) is 2.81. The predicted molar refractivity (Wildman–Crippen MR) is 63.8 cm³/mol. The van der Waals surface area contributed by atoms with Crippen LogP contribution in [0.5, 0.6) is 5.75 Å². The van der Waals surface area contributed by atoms with Crippen LogP contribution in [0.1, 0.15) is 12.8 Å². The molecule has 0 atom stereocenters. The molecule has 0 unspecified atom stereocenters. The molecule has 1 aliphatic carbocycles. The maximum atomic E-state index is 12.5. The van der Waals surface area contributed by atoms with E-state index in [2.05, 4.69) is 0 Å². The van der Waals surface area contributed by atoms with E-state index in [1.165, 1.54) is 12.0 Å². The van der Waals surface area contributed by atoms with Crippen molar-refractivity contribution in [2.24, 2.45) is 0 Å². The molecule has 2 rings (SSSR count). The summed E-state index contributed by atoms with van der Waals surface area (Å²) in [4.78, 5) is 1.36. The zero-order valence-corrected chi connectivity index (χ0v) is 10.00. The molecular formula is C12H15F3N2O. The number of anilines is 2. The highest BCUT2D eigenvalue weighted by Gasteiger charge is 2.38. The molecule has 1 aromatic rings. The highest BCUT2D eigenvalue weighted by atomic mass is 19.4. The van der Waals surface area contributed by atoms with Crippen LogP contribution in [0, 0.1) is 0 Å². The summed E-state index contributed by atoms with van der Waals surface area (Å²) >= 11 is 0. The van der Waals surface area contributed by atoms with Crippen LogP contribution < -0.4 is 15.4 Å². The van der Waals surface area contributed by atoms with Crippen LogP contribution in [-0.4, -0.2) is 25.9 Å². The second-order valence-corrected chi connectivity index (χ2v) is 4.40. The van der Waals surface area contributed by atoms with Crippen LogP contribution in [0.2, 0.25) is 0 Å². The first kappa shape index (κ1) is 12.9. The van der Waals surface area contributed by atoms with Crippen LogP contribution >= 0.6 is 0 Å². The van der Waals surface area contributed by atoms with E-state index in [1.807, 2.05) is 0 Å². The van der Waals surface area contributed by atoms with Crippen molar-refractivity contribution in [2.45, 2.75) is 25.1 Å². The van der Waals surface area contributed by atoms with E-state index < -0.39 is 12.7 Å². The molecule has 0 heterocycles. The number of nitrogens with zero attached hydrogens (tertiary/aromatic N) is 1. The number of hydrogen-bond donors (Lipinski definition) is 1. The number of benzene rings is 1. The molecule has 0 aliphatic heterocycles. The molecule has 0 amide bonds. The number of halogens is 3. The molecule has 2 N–H and O–H groups in total. The average molecular weight is 260 g/mol. The van der Waals surface area contributed by atoms with E-state index in [0.29, 0.717) is 17.1 Å². The minimum Gasteiger partial charge on any atom is -0.495 e. The van der Waals surface area contributed by atoms with Crippen LogP contribution in [0.4, 0.5) is 24.5 Å². The van der Waals surface area contributed by atoms with Crippen LogP contribution in [0.15, 0.2) is 18.2 Å². The fourth-order valence-corrected chi connectivity index (χ4v) is 1.89. The molecule has 1 fully saturated rings. The lowest BCUT2D eigenvalue weighted by Gasteiger charge is -2.26. The minimum atomic E-state index is -4.21. The van der Waals surface area contributed by atoms with Gasteiger partial charge in [0.1, 0.15) is 12.3 Å². The number of hydrogen-bond acceptors (Lipinski definition) is 3. The standard InChI is InChI=1S/C12H15F3N2O/c1-18-11-6-9(4-5-10(11)16)17(8-2-3-8)7-12(13,14)15/h4-6,8H,2-3,7,16H2,1H3. The maximum absolute atomic E-state index is 12.5. The van der Waals surface area contributed by atoms with Gasteiger partial charge in [-0.05, 0) is 25.0 Å². The first-order valence-corrected chi connectivity index (χ1v) is 5.67. The smallest absolute Gasteiger partial charge is 0.405 e. The Labute approximate surface area is 103 Å². The second-order valence-electron chi connectivity index (χ2n) is 4.40. The monoisotopic (exact) mass is 260 g/mol. The summed E-state index contributed by atoms with van der Waals surface area (Å²) in [6.45, 7) is -0.940. The third-order valence-electron chi connectivity index (χ3n) is 2.89. The maximum Gasteiger partial charge on any atom is 0.405 e. The summed E-state index contributed by atoms with van der Waals surface area (Å²) in [6, 6.07) is 4.70. The first-order chi connectivity index (χ1) is 8.40. The Morgan fingerprint density at radius 2 is 2.06 bits per heavy atom. The molecule has 0 aromatic heterocycles. The number of nitrogen functional groups attached to an aromatic ring is 1.